The second kappa shape index (κ2) is 12.4. The second-order valence-electron chi connectivity index (χ2n) is 9.67. The number of carbonyl (C=O) groups excluding carboxylic acids is 3. The van der Waals surface area contributed by atoms with Crippen LogP contribution >= 0.6 is 0 Å². The van der Waals surface area contributed by atoms with Crippen molar-refractivity contribution in [3.63, 3.8) is 0 Å². The Balaban J connectivity index is 1.99. The van der Waals surface area contributed by atoms with Crippen LogP contribution < -0.4 is 21.3 Å². The van der Waals surface area contributed by atoms with Crippen LogP contribution in [0.2, 0.25) is 0 Å². The maximum absolute atomic E-state index is 12.9. The Morgan fingerprint density at radius 2 is 1.61 bits per heavy atom. The smallest absolute Gasteiger partial charge is 0.350 e. The Labute approximate surface area is 219 Å². The summed E-state index contributed by atoms with van der Waals surface area (Å²) in [4.78, 5) is 37.7. The first-order chi connectivity index (χ1) is 17.5. The molecule has 0 aliphatic heterocycles. The highest BCUT2D eigenvalue weighted by Crippen LogP contribution is 2.29. The van der Waals surface area contributed by atoms with Crippen molar-refractivity contribution in [2.45, 2.75) is 50.0 Å². The van der Waals surface area contributed by atoms with Crippen molar-refractivity contribution in [2.75, 3.05) is 19.3 Å². The van der Waals surface area contributed by atoms with Gasteiger partial charge in [0.1, 0.15) is 6.04 Å². The molecule has 0 spiro atoms. The van der Waals surface area contributed by atoms with Crippen LogP contribution in [0.25, 0.3) is 0 Å². The third kappa shape index (κ3) is 10.1. The zero-order valence-corrected chi connectivity index (χ0v) is 22.2. The largest absolute Gasteiger partial charge is 0.416 e. The molecule has 0 aliphatic rings. The highest BCUT2D eigenvalue weighted by molar-refractivity contribution is 7.90. The van der Waals surface area contributed by atoms with Crippen LogP contribution in [-0.2, 0) is 32.1 Å². The van der Waals surface area contributed by atoms with Crippen LogP contribution in [0.4, 0.5) is 13.2 Å². The zero-order chi connectivity index (χ0) is 28.7. The molecule has 4 N–H and O–H groups in total. The molecule has 0 radical (unpaired) electrons. The van der Waals surface area contributed by atoms with Gasteiger partial charge in [-0.2, -0.15) is 13.2 Å². The molecule has 9 nitrogen and oxygen atoms in total. The Bertz CT molecular complexity index is 1260. The van der Waals surface area contributed by atoms with E-state index in [1.807, 2.05) is 0 Å². The predicted molar refractivity (Wildman–Crippen MR) is 135 cm³/mol. The highest BCUT2D eigenvalue weighted by Gasteiger charge is 2.31. The monoisotopic (exact) mass is 556 g/mol. The molecule has 1 atom stereocenters. The number of amides is 3. The van der Waals surface area contributed by atoms with Gasteiger partial charge in [-0.15, -0.1) is 0 Å². The summed E-state index contributed by atoms with van der Waals surface area (Å²) in [6.45, 7) is 4.98. The normalized spacial score (nSPS) is 12.9. The third-order valence-corrected chi connectivity index (χ3v) is 6.17. The number of hydrogen-bond donors (Lipinski definition) is 4. The van der Waals surface area contributed by atoms with E-state index in [-0.39, 0.29) is 23.5 Å². The predicted octanol–water partition coefficient (Wildman–Crippen LogP) is 2.03. The minimum atomic E-state index is -4.62. The molecule has 38 heavy (non-hydrogen) atoms. The van der Waals surface area contributed by atoms with Gasteiger partial charge in [0, 0.05) is 30.4 Å². The van der Waals surface area contributed by atoms with Gasteiger partial charge < -0.3 is 21.3 Å². The quantitative estimate of drug-likeness (QED) is 0.354. The molecule has 0 fully saturated rings. The van der Waals surface area contributed by atoms with E-state index in [1.165, 1.54) is 18.2 Å². The lowest BCUT2D eigenvalue weighted by Crippen LogP contribution is -2.56. The SMILES string of the molecule is CC(C)(C)NC(=O)C(CNCc1ccc(S(C)(=O)=O)cc1)NC(=O)CNC(=O)c1cccc(C(F)(F)F)c1. The maximum Gasteiger partial charge on any atom is 0.416 e. The van der Waals surface area contributed by atoms with Gasteiger partial charge in [-0.3, -0.25) is 14.4 Å². The molecule has 0 bridgehead atoms. The van der Waals surface area contributed by atoms with E-state index in [2.05, 4.69) is 21.3 Å². The summed E-state index contributed by atoms with van der Waals surface area (Å²) in [5.41, 5.74) is -1.12. The summed E-state index contributed by atoms with van der Waals surface area (Å²) in [6, 6.07) is 8.91. The molecule has 2 rings (SSSR count). The van der Waals surface area contributed by atoms with Crippen molar-refractivity contribution in [1.82, 2.24) is 21.3 Å². The van der Waals surface area contributed by atoms with E-state index in [1.54, 1.807) is 32.9 Å². The number of nitrogens with one attached hydrogen (secondary N) is 4. The number of carbonyl (C=O) groups is 3. The number of hydrogen-bond acceptors (Lipinski definition) is 6. The van der Waals surface area contributed by atoms with Crippen LogP contribution in [-0.4, -0.2) is 57.1 Å². The van der Waals surface area contributed by atoms with Crippen LogP contribution in [0, 0.1) is 0 Å². The molecule has 2 aromatic carbocycles. The zero-order valence-electron chi connectivity index (χ0n) is 21.4. The Morgan fingerprint density at radius 3 is 2.16 bits per heavy atom. The van der Waals surface area contributed by atoms with E-state index in [0.29, 0.717) is 6.07 Å². The van der Waals surface area contributed by atoms with Crippen molar-refractivity contribution >= 4 is 27.6 Å². The van der Waals surface area contributed by atoms with Gasteiger partial charge in [0.05, 0.1) is 17.0 Å². The Morgan fingerprint density at radius 1 is 0.974 bits per heavy atom. The Kier molecular flexibility index (Phi) is 10.0. The highest BCUT2D eigenvalue weighted by atomic mass is 32.2. The summed E-state index contributed by atoms with van der Waals surface area (Å²) in [5, 5.41) is 10.5. The van der Waals surface area contributed by atoms with Crippen LogP contribution in [0.5, 0.6) is 0 Å². The fraction of sp³-hybridized carbons (Fsp3) is 0.400. The molecule has 1 unspecified atom stereocenters. The average Bonchev–Trinajstić information content (AvgIpc) is 2.80. The van der Waals surface area contributed by atoms with Crippen molar-refractivity contribution in [3.05, 3.63) is 65.2 Å². The first-order valence-electron chi connectivity index (χ1n) is 11.5. The third-order valence-electron chi connectivity index (χ3n) is 5.04. The van der Waals surface area contributed by atoms with Gasteiger partial charge in [0.2, 0.25) is 11.8 Å². The van der Waals surface area contributed by atoms with E-state index >= 15 is 0 Å². The summed E-state index contributed by atoms with van der Waals surface area (Å²) >= 11 is 0. The fourth-order valence-corrected chi connectivity index (χ4v) is 3.86. The van der Waals surface area contributed by atoms with E-state index < -0.39 is 57.4 Å². The second-order valence-corrected chi connectivity index (χ2v) is 11.7. The molecule has 2 aromatic rings. The Hall–Kier alpha value is -3.45. The number of benzene rings is 2. The standard InChI is InChI=1S/C25H31F3N4O5S/c1-24(2,3)32-23(35)20(14-29-13-16-8-10-19(11-9-16)38(4,36)37)31-21(33)15-30-22(34)17-6-5-7-18(12-17)25(26,27)28/h5-12,20,29H,13-15H2,1-4H3,(H,30,34)(H,31,33)(H,32,35). The minimum Gasteiger partial charge on any atom is -0.350 e. The van der Waals surface area contributed by atoms with Crippen molar-refractivity contribution < 1.29 is 36.0 Å². The van der Waals surface area contributed by atoms with E-state index in [9.17, 15) is 36.0 Å². The number of halogens is 3. The van der Waals surface area contributed by atoms with E-state index in [4.69, 9.17) is 0 Å². The van der Waals surface area contributed by atoms with Crippen LogP contribution in [0.3, 0.4) is 0 Å². The van der Waals surface area contributed by atoms with Gasteiger partial charge in [-0.25, -0.2) is 8.42 Å². The van der Waals surface area contributed by atoms with Gasteiger partial charge in [-0.1, -0.05) is 18.2 Å². The first kappa shape index (κ1) is 30.8. The molecular weight excluding hydrogens is 525 g/mol. The van der Waals surface area contributed by atoms with E-state index in [0.717, 1.165) is 24.0 Å². The molecule has 0 saturated heterocycles. The molecule has 0 aromatic heterocycles. The summed E-state index contributed by atoms with van der Waals surface area (Å²) in [7, 11) is -3.33. The molecule has 0 heterocycles. The lowest BCUT2D eigenvalue weighted by atomic mass is 10.1. The van der Waals surface area contributed by atoms with Crippen LogP contribution in [0.15, 0.2) is 53.4 Å². The van der Waals surface area contributed by atoms with Crippen molar-refractivity contribution in [3.8, 4) is 0 Å². The number of sulfone groups is 1. The van der Waals surface area contributed by atoms with Crippen LogP contribution in [0.1, 0.15) is 42.3 Å². The molecule has 208 valence electrons. The molecule has 13 heteroatoms. The summed E-state index contributed by atoms with van der Waals surface area (Å²) in [6.07, 6.45) is -3.52. The van der Waals surface area contributed by atoms with Crippen molar-refractivity contribution in [2.24, 2.45) is 0 Å². The molecular formula is C25H31F3N4O5S. The van der Waals surface area contributed by atoms with Crippen molar-refractivity contribution in [1.29, 1.82) is 0 Å². The summed E-state index contributed by atoms with van der Waals surface area (Å²) < 4.78 is 61.9. The number of alkyl halides is 3. The van der Waals surface area contributed by atoms with Gasteiger partial charge in [-0.05, 0) is 56.7 Å². The van der Waals surface area contributed by atoms with Gasteiger partial charge >= 0.3 is 6.18 Å². The molecule has 0 saturated carbocycles. The first-order valence-corrected chi connectivity index (χ1v) is 13.4. The summed E-state index contributed by atoms with van der Waals surface area (Å²) in [5.74, 6) is -2.09. The lowest BCUT2D eigenvalue weighted by Gasteiger charge is -2.26. The minimum absolute atomic E-state index is 0.00303. The topological polar surface area (TPSA) is 133 Å². The van der Waals surface area contributed by atoms with Gasteiger partial charge in [0.25, 0.3) is 5.91 Å². The fourth-order valence-electron chi connectivity index (χ4n) is 3.23. The van der Waals surface area contributed by atoms with Gasteiger partial charge in [0.15, 0.2) is 9.84 Å². The average molecular weight is 557 g/mol. The molecule has 0 aliphatic carbocycles. The number of rotatable bonds is 10. The maximum atomic E-state index is 12.9. The lowest BCUT2D eigenvalue weighted by molar-refractivity contribution is -0.137. The molecule has 3 amide bonds.